The van der Waals surface area contributed by atoms with E-state index >= 15 is 0 Å². The number of carbonyl (C=O) groups is 1. The number of carbonyl (C=O) groups excluding carboxylic acids is 1. The Kier molecular flexibility index (Phi) is 5.00. The Balaban J connectivity index is 1.84. The van der Waals surface area contributed by atoms with Gasteiger partial charge in [0.15, 0.2) is 0 Å². The van der Waals surface area contributed by atoms with E-state index in [-0.39, 0.29) is 5.69 Å². The topological polar surface area (TPSA) is 86.0 Å². The van der Waals surface area contributed by atoms with Gasteiger partial charge in [-0.05, 0) is 37.1 Å². The highest BCUT2D eigenvalue weighted by Crippen LogP contribution is 2.40. The van der Waals surface area contributed by atoms with Crippen LogP contribution < -0.4 is 4.74 Å². The second kappa shape index (κ2) is 7.59. The molecule has 1 aliphatic rings. The van der Waals surface area contributed by atoms with Gasteiger partial charge in [-0.15, -0.1) is 0 Å². The van der Waals surface area contributed by atoms with Crippen molar-refractivity contribution in [1.82, 2.24) is 14.6 Å². The van der Waals surface area contributed by atoms with E-state index in [1.54, 1.807) is 29.8 Å². The minimum Gasteiger partial charge on any atom is -0.495 e. The molecule has 0 bridgehead atoms. The van der Waals surface area contributed by atoms with Crippen LogP contribution in [0.5, 0.6) is 5.75 Å². The number of hydrogen-bond donors (Lipinski definition) is 1. The fourth-order valence-electron chi connectivity index (χ4n) is 3.94. The van der Waals surface area contributed by atoms with Crippen LogP contribution in [0.2, 0.25) is 0 Å². The molecule has 0 radical (unpaired) electrons. The first-order chi connectivity index (χ1) is 13.6. The molecule has 3 aromatic heterocycles. The van der Waals surface area contributed by atoms with Crippen LogP contribution in [0.25, 0.3) is 5.52 Å². The van der Waals surface area contributed by atoms with Crippen molar-refractivity contribution >= 4 is 11.5 Å². The summed E-state index contributed by atoms with van der Waals surface area (Å²) in [5.74, 6) is 0.467. The monoisotopic (exact) mass is 381 g/mol. The number of pyridine rings is 2. The molecule has 0 spiro atoms. The van der Waals surface area contributed by atoms with Crippen LogP contribution >= 0.6 is 0 Å². The van der Waals surface area contributed by atoms with Gasteiger partial charge in [0.1, 0.15) is 17.5 Å². The number of hydrogen-bond acceptors (Lipinski definition) is 6. The molecule has 1 N–H and O–H groups in total. The molecule has 3 heterocycles. The Labute approximate surface area is 162 Å². The van der Waals surface area contributed by atoms with Crippen LogP contribution in [0.15, 0.2) is 36.5 Å². The number of methoxy groups -OCH3 is 2. The van der Waals surface area contributed by atoms with Crippen molar-refractivity contribution in [3.05, 3.63) is 59.2 Å². The molecule has 0 saturated heterocycles. The smallest absolute Gasteiger partial charge is 0.356 e. The highest BCUT2D eigenvalue weighted by Gasteiger charge is 2.29. The molecular weight excluding hydrogens is 358 g/mol. The van der Waals surface area contributed by atoms with Crippen molar-refractivity contribution < 1.29 is 19.4 Å². The molecule has 0 amide bonds. The predicted molar refractivity (Wildman–Crippen MR) is 103 cm³/mol. The third-order valence-electron chi connectivity index (χ3n) is 5.37. The van der Waals surface area contributed by atoms with E-state index in [0.29, 0.717) is 17.4 Å². The summed E-state index contributed by atoms with van der Waals surface area (Å²) in [5, 5.41) is 16.0. The van der Waals surface area contributed by atoms with Crippen LogP contribution in [0, 0.1) is 0 Å². The summed E-state index contributed by atoms with van der Waals surface area (Å²) in [6, 6.07) is 8.72. The lowest BCUT2D eigenvalue weighted by molar-refractivity contribution is 0.0593. The molecule has 1 aliphatic carbocycles. The zero-order valence-electron chi connectivity index (χ0n) is 16.0. The minimum atomic E-state index is -0.994. The third-order valence-corrected chi connectivity index (χ3v) is 5.37. The summed E-state index contributed by atoms with van der Waals surface area (Å²) < 4.78 is 11.8. The average Bonchev–Trinajstić information content (AvgIpc) is 3.39. The summed E-state index contributed by atoms with van der Waals surface area (Å²) in [6.45, 7) is 0. The second-order valence-corrected chi connectivity index (χ2v) is 7.02. The van der Waals surface area contributed by atoms with Gasteiger partial charge in [-0.25, -0.2) is 14.3 Å². The second-order valence-electron chi connectivity index (χ2n) is 7.02. The fourth-order valence-corrected chi connectivity index (χ4v) is 3.94. The summed E-state index contributed by atoms with van der Waals surface area (Å²) in [7, 11) is 2.92. The molecule has 0 aliphatic heterocycles. The van der Waals surface area contributed by atoms with E-state index in [1.807, 2.05) is 18.3 Å². The number of nitrogens with zero attached hydrogens (tertiary/aromatic N) is 3. The van der Waals surface area contributed by atoms with Crippen LogP contribution in [0.4, 0.5) is 0 Å². The first kappa shape index (κ1) is 18.4. The number of aliphatic hydroxyl groups is 1. The van der Waals surface area contributed by atoms with Crippen molar-refractivity contribution in [3.8, 4) is 5.75 Å². The SMILES string of the molecule is COC(=O)c1cccc(C(O)c2c(C3CCCC3)nn3cc(OC)ccc23)n1. The first-order valence-corrected chi connectivity index (χ1v) is 9.42. The molecule has 28 heavy (non-hydrogen) atoms. The first-order valence-electron chi connectivity index (χ1n) is 9.42. The van der Waals surface area contributed by atoms with E-state index in [0.717, 1.165) is 42.5 Å². The molecule has 4 rings (SSSR count). The van der Waals surface area contributed by atoms with Crippen LogP contribution in [-0.2, 0) is 4.74 Å². The number of esters is 1. The largest absolute Gasteiger partial charge is 0.495 e. The van der Waals surface area contributed by atoms with E-state index in [4.69, 9.17) is 14.6 Å². The van der Waals surface area contributed by atoms with Gasteiger partial charge in [0.25, 0.3) is 0 Å². The Hall–Kier alpha value is -2.93. The van der Waals surface area contributed by atoms with Gasteiger partial charge in [0, 0.05) is 11.5 Å². The van der Waals surface area contributed by atoms with Crippen LogP contribution in [0.3, 0.4) is 0 Å². The maximum atomic E-state index is 11.8. The van der Waals surface area contributed by atoms with Gasteiger partial charge in [-0.2, -0.15) is 5.10 Å². The molecule has 1 unspecified atom stereocenters. The quantitative estimate of drug-likeness (QED) is 0.683. The Bertz CT molecular complexity index is 1010. The Morgan fingerprint density at radius 2 is 2.00 bits per heavy atom. The third kappa shape index (κ3) is 3.22. The lowest BCUT2D eigenvalue weighted by Crippen LogP contribution is -2.10. The Morgan fingerprint density at radius 3 is 2.71 bits per heavy atom. The highest BCUT2D eigenvalue weighted by atomic mass is 16.5. The van der Waals surface area contributed by atoms with Gasteiger partial charge >= 0.3 is 5.97 Å². The Morgan fingerprint density at radius 1 is 1.21 bits per heavy atom. The van der Waals surface area contributed by atoms with E-state index in [2.05, 4.69) is 4.98 Å². The number of aliphatic hydroxyl groups excluding tert-OH is 1. The molecule has 1 atom stereocenters. The molecule has 1 fully saturated rings. The standard InChI is InChI=1S/C21H23N3O4/c1-27-14-10-11-17-18(19(23-24(17)12-14)13-6-3-4-7-13)20(25)15-8-5-9-16(22-15)21(26)28-2/h5,8-13,20,25H,3-4,6-7H2,1-2H3. The minimum absolute atomic E-state index is 0.166. The average molecular weight is 381 g/mol. The lowest BCUT2D eigenvalue weighted by atomic mass is 9.95. The van der Waals surface area contributed by atoms with E-state index in [1.165, 1.54) is 7.11 Å². The zero-order valence-corrected chi connectivity index (χ0v) is 16.0. The molecule has 3 aromatic rings. The maximum absolute atomic E-state index is 11.8. The van der Waals surface area contributed by atoms with Crippen LogP contribution in [-0.4, -0.2) is 39.9 Å². The molecule has 0 aromatic carbocycles. The number of ether oxygens (including phenoxy) is 2. The molecular formula is C21H23N3O4. The van der Waals surface area contributed by atoms with Crippen molar-refractivity contribution in [2.75, 3.05) is 14.2 Å². The van der Waals surface area contributed by atoms with Crippen molar-refractivity contribution in [3.63, 3.8) is 0 Å². The van der Waals surface area contributed by atoms with Gasteiger partial charge in [-0.1, -0.05) is 18.9 Å². The van der Waals surface area contributed by atoms with Gasteiger partial charge in [0.2, 0.25) is 0 Å². The van der Waals surface area contributed by atoms with Crippen molar-refractivity contribution in [1.29, 1.82) is 0 Å². The summed E-state index contributed by atoms with van der Waals surface area (Å²) in [6.07, 6.45) is 5.24. The predicted octanol–water partition coefficient (Wildman–Crippen LogP) is 3.26. The summed E-state index contributed by atoms with van der Waals surface area (Å²) in [5.41, 5.74) is 3.00. The van der Waals surface area contributed by atoms with Gasteiger partial charge in [0.05, 0.1) is 37.3 Å². The zero-order chi connectivity index (χ0) is 19.7. The lowest BCUT2D eigenvalue weighted by Gasteiger charge is -2.15. The van der Waals surface area contributed by atoms with E-state index in [9.17, 15) is 9.90 Å². The maximum Gasteiger partial charge on any atom is 0.356 e. The van der Waals surface area contributed by atoms with Crippen molar-refractivity contribution in [2.45, 2.75) is 37.7 Å². The molecule has 7 heteroatoms. The van der Waals surface area contributed by atoms with Crippen LogP contribution in [0.1, 0.15) is 65.1 Å². The van der Waals surface area contributed by atoms with Gasteiger partial charge in [-0.3, -0.25) is 0 Å². The molecule has 7 nitrogen and oxygen atoms in total. The van der Waals surface area contributed by atoms with E-state index < -0.39 is 12.1 Å². The molecule has 1 saturated carbocycles. The van der Waals surface area contributed by atoms with Crippen molar-refractivity contribution in [2.24, 2.45) is 0 Å². The number of aromatic nitrogens is 3. The highest BCUT2D eigenvalue weighted by molar-refractivity contribution is 5.87. The van der Waals surface area contributed by atoms with Gasteiger partial charge < -0.3 is 14.6 Å². The summed E-state index contributed by atoms with van der Waals surface area (Å²) in [4.78, 5) is 16.2. The summed E-state index contributed by atoms with van der Waals surface area (Å²) >= 11 is 0. The number of fused-ring (bicyclic) bond motifs is 1. The number of rotatable bonds is 5. The molecule has 146 valence electrons. The normalized spacial score (nSPS) is 15.7. The fraction of sp³-hybridized carbons (Fsp3) is 0.381.